The molecule has 0 aromatic heterocycles. The first-order valence-electron chi connectivity index (χ1n) is 6.51. The second-order valence-corrected chi connectivity index (χ2v) is 7.16. The fourth-order valence-corrected chi connectivity index (χ4v) is 2.63. The highest BCUT2D eigenvalue weighted by Gasteiger charge is 2.06. The number of hydrogen-bond acceptors (Lipinski definition) is 3. The summed E-state index contributed by atoms with van der Waals surface area (Å²) in [6, 6.07) is 9.91. The molecule has 0 saturated carbocycles. The lowest BCUT2D eigenvalue weighted by molar-refractivity contribution is 0.606. The van der Waals surface area contributed by atoms with Gasteiger partial charge in [-0.1, -0.05) is 23.7 Å². The zero-order valence-electron chi connectivity index (χ0n) is 12.2. The van der Waals surface area contributed by atoms with Crippen LogP contribution in [0.5, 0.6) is 0 Å². The van der Waals surface area contributed by atoms with E-state index in [4.69, 9.17) is 11.6 Å². The van der Waals surface area contributed by atoms with Crippen LogP contribution in [0, 0.1) is 12.7 Å². The second-order valence-electron chi connectivity index (χ2n) is 5.01. The molecule has 0 amide bonds. The summed E-state index contributed by atoms with van der Waals surface area (Å²) in [5.74, 6) is -0.468. The maximum absolute atomic E-state index is 13.4. The molecule has 0 fully saturated rings. The van der Waals surface area contributed by atoms with Crippen molar-refractivity contribution >= 4 is 33.0 Å². The quantitative estimate of drug-likeness (QED) is 0.869. The first kappa shape index (κ1) is 16.6. The fourth-order valence-electron chi connectivity index (χ4n) is 1.90. The Hall–Kier alpha value is -1.79. The van der Waals surface area contributed by atoms with Gasteiger partial charge in [0.1, 0.15) is 5.82 Å². The number of benzene rings is 2. The first-order valence-corrected chi connectivity index (χ1v) is 8.78. The summed E-state index contributed by atoms with van der Waals surface area (Å²) in [7, 11) is -3.34. The van der Waals surface area contributed by atoms with Gasteiger partial charge < -0.3 is 5.32 Å². The highest BCUT2D eigenvalue weighted by molar-refractivity contribution is 7.92. The number of nitrogens with one attached hydrogen (secondary N) is 2. The molecule has 4 nitrogen and oxygen atoms in total. The minimum absolute atomic E-state index is 0.0822. The van der Waals surface area contributed by atoms with E-state index in [2.05, 4.69) is 10.0 Å². The largest absolute Gasteiger partial charge is 0.381 e. The fraction of sp³-hybridized carbons (Fsp3) is 0.200. The molecule has 2 N–H and O–H groups in total. The van der Waals surface area contributed by atoms with Crippen molar-refractivity contribution in [3.8, 4) is 0 Å². The van der Waals surface area contributed by atoms with Crippen LogP contribution in [-0.4, -0.2) is 14.7 Å². The van der Waals surface area contributed by atoms with E-state index in [0.717, 1.165) is 23.1 Å². The summed E-state index contributed by atoms with van der Waals surface area (Å²) in [4.78, 5) is 0. The Balaban J connectivity index is 2.13. The lowest BCUT2D eigenvalue weighted by atomic mass is 10.1. The van der Waals surface area contributed by atoms with Crippen molar-refractivity contribution < 1.29 is 12.8 Å². The molecule has 2 rings (SSSR count). The summed E-state index contributed by atoms with van der Waals surface area (Å²) < 4.78 is 38.5. The van der Waals surface area contributed by atoms with Crippen LogP contribution in [0.2, 0.25) is 5.02 Å². The summed E-state index contributed by atoms with van der Waals surface area (Å²) in [6.07, 6.45) is 1.10. The number of sulfonamides is 1. The minimum atomic E-state index is -3.34. The van der Waals surface area contributed by atoms with Crippen molar-refractivity contribution in [2.24, 2.45) is 0 Å². The van der Waals surface area contributed by atoms with Gasteiger partial charge in [-0.25, -0.2) is 12.8 Å². The molecule has 2 aromatic rings. The van der Waals surface area contributed by atoms with E-state index in [9.17, 15) is 12.8 Å². The van der Waals surface area contributed by atoms with E-state index < -0.39 is 15.8 Å². The van der Waals surface area contributed by atoms with Crippen LogP contribution in [0.25, 0.3) is 0 Å². The van der Waals surface area contributed by atoms with E-state index in [-0.39, 0.29) is 5.02 Å². The predicted octanol–water partition coefficient (Wildman–Crippen LogP) is 3.77. The molecular weight excluding hydrogens is 327 g/mol. The molecule has 0 spiro atoms. The van der Waals surface area contributed by atoms with Gasteiger partial charge >= 0.3 is 0 Å². The molecule has 0 aliphatic carbocycles. The van der Waals surface area contributed by atoms with Gasteiger partial charge in [0.2, 0.25) is 10.0 Å². The summed E-state index contributed by atoms with van der Waals surface area (Å²) >= 11 is 5.64. The average molecular weight is 343 g/mol. The van der Waals surface area contributed by atoms with Crippen LogP contribution < -0.4 is 10.0 Å². The third kappa shape index (κ3) is 4.61. The molecule has 7 heteroatoms. The Labute approximate surface area is 134 Å². The molecule has 0 unspecified atom stereocenters. The van der Waals surface area contributed by atoms with E-state index in [0.29, 0.717) is 12.2 Å². The molecule has 0 atom stereocenters. The van der Waals surface area contributed by atoms with Crippen LogP contribution in [0.4, 0.5) is 15.8 Å². The van der Waals surface area contributed by atoms with Gasteiger partial charge in [-0.3, -0.25) is 4.72 Å². The molecule has 2 aromatic carbocycles. The molecule has 22 heavy (non-hydrogen) atoms. The number of rotatable bonds is 5. The monoisotopic (exact) mass is 342 g/mol. The molecule has 0 radical (unpaired) electrons. The van der Waals surface area contributed by atoms with E-state index in [1.165, 1.54) is 12.1 Å². The van der Waals surface area contributed by atoms with Gasteiger partial charge in [0.05, 0.1) is 17.0 Å². The molecule has 118 valence electrons. The maximum atomic E-state index is 13.4. The Morgan fingerprint density at radius 2 is 1.91 bits per heavy atom. The number of halogens is 2. The summed E-state index contributed by atoms with van der Waals surface area (Å²) in [5, 5.41) is 3.20. The van der Waals surface area contributed by atoms with Crippen molar-refractivity contribution in [2.45, 2.75) is 13.5 Å². The highest BCUT2D eigenvalue weighted by Crippen LogP contribution is 2.22. The van der Waals surface area contributed by atoms with Gasteiger partial charge in [0.15, 0.2) is 0 Å². The standard InChI is InChI=1S/C15H16ClFN2O2S/c1-10-3-5-12(8-15(10)19-22(2,20)21)18-9-11-4-6-13(16)14(17)7-11/h3-8,18-19H,9H2,1-2H3. The minimum Gasteiger partial charge on any atom is -0.381 e. The lowest BCUT2D eigenvalue weighted by Gasteiger charge is -2.12. The van der Waals surface area contributed by atoms with Gasteiger partial charge in [0.25, 0.3) is 0 Å². The number of anilines is 2. The smallest absolute Gasteiger partial charge is 0.229 e. The Morgan fingerprint density at radius 1 is 1.18 bits per heavy atom. The predicted molar refractivity (Wildman–Crippen MR) is 88.4 cm³/mol. The van der Waals surface area contributed by atoms with Gasteiger partial charge in [0, 0.05) is 12.2 Å². The normalized spacial score (nSPS) is 11.3. The average Bonchev–Trinajstić information content (AvgIpc) is 2.42. The van der Waals surface area contributed by atoms with Crippen molar-refractivity contribution in [1.29, 1.82) is 0 Å². The molecular formula is C15H16ClFN2O2S. The van der Waals surface area contributed by atoms with Gasteiger partial charge in [-0.15, -0.1) is 0 Å². The van der Waals surface area contributed by atoms with Crippen LogP contribution in [0.1, 0.15) is 11.1 Å². The number of aryl methyl sites for hydroxylation is 1. The third-order valence-electron chi connectivity index (χ3n) is 3.01. The Morgan fingerprint density at radius 3 is 2.55 bits per heavy atom. The molecule has 0 aliphatic rings. The number of hydrogen-bond donors (Lipinski definition) is 2. The molecule has 0 bridgehead atoms. The van der Waals surface area contributed by atoms with E-state index in [1.807, 2.05) is 13.0 Å². The van der Waals surface area contributed by atoms with Crippen molar-refractivity contribution in [2.75, 3.05) is 16.3 Å². The van der Waals surface area contributed by atoms with Crippen LogP contribution in [-0.2, 0) is 16.6 Å². The SMILES string of the molecule is Cc1ccc(NCc2ccc(Cl)c(F)c2)cc1NS(C)(=O)=O. The zero-order valence-corrected chi connectivity index (χ0v) is 13.7. The maximum Gasteiger partial charge on any atom is 0.229 e. The zero-order chi connectivity index (χ0) is 16.3. The first-order chi connectivity index (χ1) is 10.2. The van der Waals surface area contributed by atoms with Crippen molar-refractivity contribution in [3.05, 3.63) is 58.4 Å². The van der Waals surface area contributed by atoms with Crippen molar-refractivity contribution in [3.63, 3.8) is 0 Å². The van der Waals surface area contributed by atoms with Crippen LogP contribution in [0.15, 0.2) is 36.4 Å². The summed E-state index contributed by atoms with van der Waals surface area (Å²) in [6.45, 7) is 2.21. The second kappa shape index (κ2) is 6.54. The topological polar surface area (TPSA) is 58.2 Å². The lowest BCUT2D eigenvalue weighted by Crippen LogP contribution is -2.11. The van der Waals surface area contributed by atoms with Crippen LogP contribution >= 0.6 is 11.6 Å². The molecule has 0 saturated heterocycles. The van der Waals surface area contributed by atoms with Crippen LogP contribution in [0.3, 0.4) is 0 Å². The van der Waals surface area contributed by atoms with E-state index in [1.54, 1.807) is 18.2 Å². The van der Waals surface area contributed by atoms with E-state index >= 15 is 0 Å². The Bertz CT molecular complexity index is 794. The molecule has 0 heterocycles. The summed E-state index contributed by atoms with van der Waals surface area (Å²) in [5.41, 5.74) is 2.79. The third-order valence-corrected chi connectivity index (χ3v) is 3.91. The highest BCUT2D eigenvalue weighted by atomic mass is 35.5. The Kier molecular flexibility index (Phi) is 4.93. The van der Waals surface area contributed by atoms with Gasteiger partial charge in [-0.05, 0) is 42.3 Å². The molecule has 0 aliphatic heterocycles. The van der Waals surface area contributed by atoms with Crippen molar-refractivity contribution in [1.82, 2.24) is 0 Å². The van der Waals surface area contributed by atoms with Gasteiger partial charge in [-0.2, -0.15) is 0 Å².